The van der Waals surface area contributed by atoms with Crippen LogP contribution in [-0.4, -0.2) is 41.3 Å². The smallest absolute Gasteiger partial charge is 0.317 e. The molecular formula is C17H18Br2O6. The Balaban J connectivity index is 2.05. The number of hydrogen-bond acceptors (Lipinski definition) is 6. The molecule has 0 unspecified atom stereocenters. The zero-order valence-electron chi connectivity index (χ0n) is 13.8. The molecule has 25 heavy (non-hydrogen) atoms. The van der Waals surface area contributed by atoms with Crippen molar-refractivity contribution in [2.24, 2.45) is 22.7 Å². The molecule has 0 amide bonds. The van der Waals surface area contributed by atoms with Crippen LogP contribution < -0.4 is 0 Å². The van der Waals surface area contributed by atoms with Gasteiger partial charge in [-0.1, -0.05) is 31.9 Å². The quantitative estimate of drug-likeness (QED) is 0.449. The number of Topliss-reactive ketones (excluding diaryl/α,β-unsaturated/α-hetero) is 1. The Morgan fingerprint density at radius 3 is 2.60 bits per heavy atom. The van der Waals surface area contributed by atoms with Gasteiger partial charge < -0.3 is 14.2 Å². The summed E-state index contributed by atoms with van der Waals surface area (Å²) in [6.07, 6.45) is 2.96. The lowest BCUT2D eigenvalue weighted by atomic mass is 9.61. The number of rotatable bonds is 2. The summed E-state index contributed by atoms with van der Waals surface area (Å²) in [5.74, 6) is -2.50. The van der Waals surface area contributed by atoms with E-state index in [1.54, 1.807) is 6.26 Å². The summed E-state index contributed by atoms with van der Waals surface area (Å²) in [7, 11) is 2.60. The number of hydrogen-bond donors (Lipinski definition) is 0. The molecule has 2 bridgehead atoms. The lowest BCUT2D eigenvalue weighted by molar-refractivity contribution is -0.170. The number of carbonyl (C=O) groups excluding carboxylic acids is 3. The Morgan fingerprint density at radius 2 is 1.96 bits per heavy atom. The molecule has 0 aromatic carbocycles. The van der Waals surface area contributed by atoms with Crippen molar-refractivity contribution in [2.75, 3.05) is 14.2 Å². The third-order valence-corrected chi connectivity index (χ3v) is 8.88. The van der Waals surface area contributed by atoms with Crippen LogP contribution in [0, 0.1) is 22.7 Å². The van der Waals surface area contributed by atoms with Gasteiger partial charge >= 0.3 is 11.9 Å². The molecule has 4 rings (SSSR count). The Labute approximate surface area is 161 Å². The van der Waals surface area contributed by atoms with Gasteiger partial charge in [-0.2, -0.15) is 0 Å². The molecule has 3 fully saturated rings. The van der Waals surface area contributed by atoms with E-state index in [9.17, 15) is 14.4 Å². The summed E-state index contributed by atoms with van der Waals surface area (Å²) in [4.78, 5) is 39.0. The Bertz CT molecular complexity index is 716. The standard InChI is InChI=1S/C17H18Br2O6/c1-23-12(21)11-15-6-5-10(20)9-4-3-8(16(9,11)14(22)24-2)7-25-13(15)17(15,18)19/h7,9,11,13H,3-6H2,1-2H3/t9-,11-,13+,15-,16+/m0/s1. The van der Waals surface area contributed by atoms with E-state index in [1.807, 2.05) is 0 Å². The van der Waals surface area contributed by atoms with Gasteiger partial charge in [-0.25, -0.2) is 0 Å². The summed E-state index contributed by atoms with van der Waals surface area (Å²) >= 11 is 7.26. The maximum Gasteiger partial charge on any atom is 0.317 e. The van der Waals surface area contributed by atoms with Gasteiger partial charge in [0.2, 0.25) is 0 Å². The molecule has 0 aromatic heterocycles. The van der Waals surface area contributed by atoms with Gasteiger partial charge in [-0.05, 0) is 24.8 Å². The highest BCUT2D eigenvalue weighted by atomic mass is 79.9. The summed E-state index contributed by atoms with van der Waals surface area (Å²) in [5, 5.41) is 0. The molecule has 0 N–H and O–H groups in total. The monoisotopic (exact) mass is 476 g/mol. The van der Waals surface area contributed by atoms with E-state index >= 15 is 0 Å². The first-order valence-electron chi connectivity index (χ1n) is 8.21. The highest BCUT2D eigenvalue weighted by molar-refractivity contribution is 9.25. The molecule has 0 aromatic rings. The summed E-state index contributed by atoms with van der Waals surface area (Å²) in [5.41, 5.74) is -1.45. The van der Waals surface area contributed by atoms with Crippen molar-refractivity contribution >= 4 is 49.6 Å². The van der Waals surface area contributed by atoms with Crippen LogP contribution in [0.5, 0.6) is 0 Å². The van der Waals surface area contributed by atoms with E-state index in [0.29, 0.717) is 31.3 Å². The van der Waals surface area contributed by atoms with E-state index in [4.69, 9.17) is 14.2 Å². The first-order valence-corrected chi connectivity index (χ1v) is 9.80. The lowest BCUT2D eigenvalue weighted by Crippen LogP contribution is -2.52. The second-order valence-electron chi connectivity index (χ2n) is 7.20. The minimum atomic E-state index is -1.35. The minimum absolute atomic E-state index is 0.00271. The molecule has 6 nitrogen and oxygen atoms in total. The topological polar surface area (TPSA) is 78.9 Å². The Kier molecular flexibility index (Phi) is 3.72. The van der Waals surface area contributed by atoms with Crippen molar-refractivity contribution in [2.45, 2.75) is 35.0 Å². The predicted octanol–water partition coefficient (Wildman–Crippen LogP) is 2.48. The average Bonchev–Trinajstić information content (AvgIpc) is 2.95. The van der Waals surface area contributed by atoms with Crippen molar-refractivity contribution in [1.82, 2.24) is 0 Å². The molecule has 3 aliphatic carbocycles. The Morgan fingerprint density at radius 1 is 1.24 bits per heavy atom. The fraction of sp³-hybridized carbons (Fsp3) is 0.706. The lowest BCUT2D eigenvalue weighted by Gasteiger charge is -2.39. The van der Waals surface area contributed by atoms with Gasteiger partial charge in [-0.3, -0.25) is 14.4 Å². The highest BCUT2D eigenvalue weighted by Gasteiger charge is 2.87. The van der Waals surface area contributed by atoms with Crippen LogP contribution in [0.1, 0.15) is 25.7 Å². The molecule has 8 heteroatoms. The van der Waals surface area contributed by atoms with Crippen LogP contribution >= 0.6 is 31.9 Å². The highest BCUT2D eigenvalue weighted by Crippen LogP contribution is 2.80. The van der Waals surface area contributed by atoms with E-state index in [2.05, 4.69) is 31.9 Å². The fourth-order valence-electron chi connectivity index (χ4n) is 5.49. The molecule has 1 heterocycles. The SMILES string of the molecule is COC(=O)[C@@H]1[C@@]2(C(=O)OC)C3=CO[C@H]4C(Br)(Br)[C@@]14CCC(=O)[C@@H]2CC3. The van der Waals surface area contributed by atoms with Crippen molar-refractivity contribution in [1.29, 1.82) is 0 Å². The maximum atomic E-state index is 13.1. The predicted molar refractivity (Wildman–Crippen MR) is 92.9 cm³/mol. The summed E-state index contributed by atoms with van der Waals surface area (Å²) in [6, 6.07) is 0. The number of halogens is 2. The van der Waals surface area contributed by atoms with E-state index < -0.39 is 37.8 Å². The van der Waals surface area contributed by atoms with E-state index in [-0.39, 0.29) is 11.9 Å². The second-order valence-corrected chi connectivity index (χ2v) is 10.8. The Hall–Kier alpha value is -0.890. The van der Waals surface area contributed by atoms with Crippen molar-refractivity contribution in [3.8, 4) is 0 Å². The number of ether oxygens (including phenoxy) is 3. The van der Waals surface area contributed by atoms with Crippen molar-refractivity contribution < 1.29 is 28.6 Å². The molecular weight excluding hydrogens is 460 g/mol. The van der Waals surface area contributed by atoms with Crippen LogP contribution in [-0.2, 0) is 28.6 Å². The number of methoxy groups -OCH3 is 2. The van der Waals surface area contributed by atoms with E-state index in [0.717, 1.165) is 0 Å². The number of esters is 2. The van der Waals surface area contributed by atoms with Crippen molar-refractivity contribution in [3.63, 3.8) is 0 Å². The molecule has 0 radical (unpaired) electrons. The third-order valence-electron chi connectivity index (χ3n) is 6.57. The van der Waals surface area contributed by atoms with Gasteiger partial charge in [0.15, 0.2) is 0 Å². The average molecular weight is 478 g/mol. The fourth-order valence-corrected chi connectivity index (χ4v) is 7.56. The normalized spacial score (nSPS) is 43.0. The molecule has 0 saturated heterocycles. The van der Waals surface area contributed by atoms with E-state index in [1.165, 1.54) is 14.2 Å². The molecule has 3 saturated carbocycles. The molecule has 1 spiro atoms. The van der Waals surface area contributed by atoms with Gasteiger partial charge in [0.05, 0.1) is 31.8 Å². The van der Waals surface area contributed by atoms with Gasteiger partial charge in [0, 0.05) is 12.3 Å². The molecule has 1 aliphatic heterocycles. The van der Waals surface area contributed by atoms with Crippen LogP contribution in [0.4, 0.5) is 0 Å². The van der Waals surface area contributed by atoms with Gasteiger partial charge in [-0.15, -0.1) is 0 Å². The number of ketones is 1. The van der Waals surface area contributed by atoms with Crippen LogP contribution in [0.2, 0.25) is 0 Å². The van der Waals surface area contributed by atoms with Crippen LogP contribution in [0.15, 0.2) is 11.8 Å². The van der Waals surface area contributed by atoms with Crippen LogP contribution in [0.3, 0.4) is 0 Å². The van der Waals surface area contributed by atoms with Gasteiger partial charge in [0.1, 0.15) is 20.5 Å². The van der Waals surface area contributed by atoms with Gasteiger partial charge in [0.25, 0.3) is 0 Å². The first kappa shape index (κ1) is 17.5. The molecule has 136 valence electrons. The van der Waals surface area contributed by atoms with Crippen molar-refractivity contribution in [3.05, 3.63) is 11.8 Å². The summed E-state index contributed by atoms with van der Waals surface area (Å²) < 4.78 is 15.5. The zero-order chi connectivity index (χ0) is 18.2. The number of alkyl halides is 2. The minimum Gasteiger partial charge on any atom is -0.495 e. The summed E-state index contributed by atoms with van der Waals surface area (Å²) in [6.45, 7) is 0. The second kappa shape index (κ2) is 5.31. The third kappa shape index (κ3) is 1.78. The largest absolute Gasteiger partial charge is 0.495 e. The first-order chi connectivity index (χ1) is 11.8. The molecule has 5 atom stereocenters. The maximum absolute atomic E-state index is 13.1. The zero-order valence-corrected chi connectivity index (χ0v) is 17.0. The van der Waals surface area contributed by atoms with Crippen LogP contribution in [0.25, 0.3) is 0 Å². The number of carbonyl (C=O) groups is 3. The molecule has 4 aliphatic rings.